The molecular weight excluding hydrogens is 288 g/mol. The van der Waals surface area contributed by atoms with Crippen molar-refractivity contribution in [2.75, 3.05) is 4.90 Å². The molecule has 0 saturated carbocycles. The summed E-state index contributed by atoms with van der Waals surface area (Å²) >= 11 is 1.82. The molecule has 3 aromatic rings. The lowest BCUT2D eigenvalue weighted by Crippen LogP contribution is -2.14. The molecule has 1 aliphatic heterocycles. The van der Waals surface area contributed by atoms with E-state index in [0.717, 1.165) is 11.4 Å². The van der Waals surface area contributed by atoms with Crippen LogP contribution in [0.3, 0.4) is 0 Å². The molecule has 0 unspecified atom stereocenters. The Bertz CT molecular complexity index is 795. The van der Waals surface area contributed by atoms with E-state index in [-0.39, 0.29) is 0 Å². The van der Waals surface area contributed by atoms with E-state index in [2.05, 4.69) is 77.3 Å². The van der Waals surface area contributed by atoms with E-state index in [0.29, 0.717) is 0 Å². The zero-order valence-corrected chi connectivity index (χ0v) is 12.8. The summed E-state index contributed by atoms with van der Waals surface area (Å²) in [6, 6.07) is 25.2. The number of hydrogen-bond donors (Lipinski definition) is 0. The van der Waals surface area contributed by atoms with Crippen molar-refractivity contribution >= 4 is 41.2 Å². The summed E-state index contributed by atoms with van der Waals surface area (Å²) in [5.41, 5.74) is 4.44. The van der Waals surface area contributed by atoms with E-state index in [1.165, 1.54) is 21.2 Å². The predicted octanol–water partition coefficient (Wildman–Crippen LogP) is 5.95. The summed E-state index contributed by atoms with van der Waals surface area (Å²) in [4.78, 5) is 8.81. The number of fused-ring (bicyclic) bond motifs is 2. The molecule has 106 valence electrons. The van der Waals surface area contributed by atoms with Gasteiger partial charge in [0.1, 0.15) is 0 Å². The summed E-state index contributed by atoms with van der Waals surface area (Å²) in [5.74, 6) is 0. The fourth-order valence-electron chi connectivity index (χ4n) is 2.69. The van der Waals surface area contributed by atoms with Crippen molar-refractivity contribution in [1.82, 2.24) is 0 Å². The van der Waals surface area contributed by atoms with Gasteiger partial charge in [-0.3, -0.25) is 4.99 Å². The largest absolute Gasteiger partial charge is 0.308 e. The van der Waals surface area contributed by atoms with E-state index in [1.807, 2.05) is 23.9 Å². The fraction of sp³-hybridized carbons (Fsp3) is 0. The number of aliphatic imine (C=N–C) groups is 1. The van der Waals surface area contributed by atoms with Crippen LogP contribution in [0.1, 0.15) is 0 Å². The monoisotopic (exact) mass is 302 g/mol. The van der Waals surface area contributed by atoms with Crippen molar-refractivity contribution in [3.8, 4) is 0 Å². The fourth-order valence-corrected chi connectivity index (χ4v) is 3.75. The van der Waals surface area contributed by atoms with Crippen LogP contribution >= 0.6 is 11.8 Å². The van der Waals surface area contributed by atoms with Crippen LogP contribution in [0.4, 0.5) is 22.7 Å². The second kappa shape index (κ2) is 5.35. The molecule has 1 aliphatic rings. The van der Waals surface area contributed by atoms with E-state index in [4.69, 9.17) is 0 Å². The molecule has 0 radical (unpaired) electrons. The average molecular weight is 302 g/mol. The Morgan fingerprint density at radius 1 is 0.727 bits per heavy atom. The third-order valence-electron chi connectivity index (χ3n) is 3.72. The highest BCUT2D eigenvalue weighted by atomic mass is 32.2. The van der Waals surface area contributed by atoms with Gasteiger partial charge in [-0.05, 0) is 55.2 Å². The molecule has 0 spiro atoms. The lowest BCUT2D eigenvalue weighted by atomic mass is 10.1. The Kier molecular flexibility index (Phi) is 3.20. The van der Waals surface area contributed by atoms with Crippen molar-refractivity contribution < 1.29 is 0 Å². The molecule has 0 fully saturated rings. The summed E-state index contributed by atoms with van der Waals surface area (Å²) in [6.07, 6.45) is 0. The number of nitrogens with zero attached hydrogens (tertiary/aromatic N) is 2. The molecular formula is C19H14N2S. The normalized spacial score (nSPS) is 12.5. The Morgan fingerprint density at radius 3 is 1.82 bits per heavy atom. The first-order chi connectivity index (χ1) is 10.9. The van der Waals surface area contributed by atoms with Crippen LogP contribution in [-0.2, 0) is 0 Å². The molecule has 4 rings (SSSR count). The van der Waals surface area contributed by atoms with Gasteiger partial charge in [-0.15, -0.1) is 0 Å². The van der Waals surface area contributed by atoms with Gasteiger partial charge < -0.3 is 4.90 Å². The molecule has 0 atom stereocenters. The van der Waals surface area contributed by atoms with Crippen molar-refractivity contribution in [3.63, 3.8) is 0 Å². The Labute approximate surface area is 134 Å². The van der Waals surface area contributed by atoms with Gasteiger partial charge in [0.25, 0.3) is 0 Å². The molecule has 0 N–H and O–H groups in total. The standard InChI is InChI=1S/C19H14N2S/c1-20-14-10-12-15(13-11-14)21-16-6-2-4-8-18(16)22-19-9-5-3-7-17(19)21/h2-13H,1H2. The topological polar surface area (TPSA) is 15.6 Å². The van der Waals surface area contributed by atoms with Gasteiger partial charge in [-0.25, -0.2) is 0 Å². The molecule has 3 aromatic carbocycles. The van der Waals surface area contributed by atoms with Crippen LogP contribution in [-0.4, -0.2) is 6.72 Å². The number of rotatable bonds is 2. The van der Waals surface area contributed by atoms with Gasteiger partial charge >= 0.3 is 0 Å². The lowest BCUT2D eigenvalue weighted by molar-refractivity contribution is 1.17. The second-order valence-corrected chi connectivity index (χ2v) is 6.13. The highest BCUT2D eigenvalue weighted by Gasteiger charge is 2.23. The molecule has 2 nitrogen and oxygen atoms in total. The zero-order valence-electron chi connectivity index (χ0n) is 11.9. The molecule has 1 heterocycles. The van der Waals surface area contributed by atoms with Gasteiger partial charge in [0, 0.05) is 15.5 Å². The molecule has 0 bridgehead atoms. The maximum Gasteiger partial charge on any atom is 0.0623 e. The molecule has 0 saturated heterocycles. The predicted molar refractivity (Wildman–Crippen MR) is 94.5 cm³/mol. The van der Waals surface area contributed by atoms with Crippen LogP contribution < -0.4 is 4.90 Å². The van der Waals surface area contributed by atoms with Crippen LogP contribution in [0.2, 0.25) is 0 Å². The van der Waals surface area contributed by atoms with E-state index < -0.39 is 0 Å². The summed E-state index contributed by atoms with van der Waals surface area (Å²) < 4.78 is 0. The van der Waals surface area contributed by atoms with Crippen LogP contribution in [0.15, 0.2) is 87.6 Å². The first-order valence-electron chi connectivity index (χ1n) is 7.09. The van der Waals surface area contributed by atoms with Gasteiger partial charge in [0.15, 0.2) is 0 Å². The van der Waals surface area contributed by atoms with E-state index >= 15 is 0 Å². The molecule has 0 aliphatic carbocycles. The summed E-state index contributed by atoms with van der Waals surface area (Å²) in [7, 11) is 0. The maximum absolute atomic E-state index is 3.97. The molecule has 3 heteroatoms. The molecule has 22 heavy (non-hydrogen) atoms. The van der Waals surface area contributed by atoms with Gasteiger partial charge in [-0.2, -0.15) is 0 Å². The minimum Gasteiger partial charge on any atom is -0.308 e. The quantitative estimate of drug-likeness (QED) is 0.425. The minimum absolute atomic E-state index is 0.886. The highest BCUT2D eigenvalue weighted by Crippen LogP contribution is 2.51. The van der Waals surface area contributed by atoms with Crippen LogP contribution in [0, 0.1) is 0 Å². The zero-order chi connectivity index (χ0) is 14.9. The van der Waals surface area contributed by atoms with Crippen molar-refractivity contribution in [2.45, 2.75) is 9.79 Å². The number of hydrogen-bond acceptors (Lipinski definition) is 3. The summed E-state index contributed by atoms with van der Waals surface area (Å²) in [5, 5.41) is 0. The average Bonchev–Trinajstić information content (AvgIpc) is 2.60. The second-order valence-electron chi connectivity index (χ2n) is 5.05. The summed E-state index contributed by atoms with van der Waals surface area (Å²) in [6.45, 7) is 3.58. The van der Waals surface area contributed by atoms with Crippen LogP contribution in [0.25, 0.3) is 0 Å². The molecule has 0 aromatic heterocycles. The number of para-hydroxylation sites is 2. The Morgan fingerprint density at radius 2 is 1.27 bits per heavy atom. The number of anilines is 3. The smallest absolute Gasteiger partial charge is 0.0623 e. The third-order valence-corrected chi connectivity index (χ3v) is 4.85. The van der Waals surface area contributed by atoms with Gasteiger partial charge in [0.2, 0.25) is 0 Å². The molecule has 0 amide bonds. The van der Waals surface area contributed by atoms with Crippen molar-refractivity contribution in [2.24, 2.45) is 4.99 Å². The highest BCUT2D eigenvalue weighted by molar-refractivity contribution is 7.99. The van der Waals surface area contributed by atoms with Gasteiger partial charge in [0.05, 0.1) is 17.1 Å². The minimum atomic E-state index is 0.886. The van der Waals surface area contributed by atoms with Crippen molar-refractivity contribution in [3.05, 3.63) is 72.8 Å². The first kappa shape index (κ1) is 13.2. The Balaban J connectivity index is 1.92. The van der Waals surface area contributed by atoms with Crippen LogP contribution in [0.5, 0.6) is 0 Å². The third kappa shape index (κ3) is 2.11. The SMILES string of the molecule is C=Nc1ccc(N2c3ccccc3Sc3ccccc32)cc1. The van der Waals surface area contributed by atoms with E-state index in [1.54, 1.807) is 0 Å². The number of benzene rings is 3. The van der Waals surface area contributed by atoms with Gasteiger partial charge in [-0.1, -0.05) is 36.0 Å². The maximum atomic E-state index is 3.97. The lowest BCUT2D eigenvalue weighted by Gasteiger charge is -2.32. The Hall–Kier alpha value is -2.52. The van der Waals surface area contributed by atoms with Crippen molar-refractivity contribution in [1.29, 1.82) is 0 Å². The first-order valence-corrected chi connectivity index (χ1v) is 7.91. The van der Waals surface area contributed by atoms with E-state index in [9.17, 15) is 0 Å².